The average molecular weight is 466 g/mol. The number of hydrogen-bond acceptors (Lipinski definition) is 7. The van der Waals surface area contributed by atoms with Crippen LogP contribution in [-0.2, 0) is 19.6 Å². The van der Waals surface area contributed by atoms with Gasteiger partial charge in [0.25, 0.3) is 0 Å². The van der Waals surface area contributed by atoms with Crippen molar-refractivity contribution in [3.05, 3.63) is 64.5 Å². The number of nitrogens with one attached hydrogen (secondary N) is 1. The minimum absolute atomic E-state index is 0.160. The summed E-state index contributed by atoms with van der Waals surface area (Å²) in [6.07, 6.45) is 3.69. The molecule has 1 aliphatic heterocycles. The molecule has 34 heavy (non-hydrogen) atoms. The number of hydrogen-bond donors (Lipinski definition) is 1. The van der Waals surface area contributed by atoms with Gasteiger partial charge in [0.2, 0.25) is 5.95 Å². The average Bonchev–Trinajstić information content (AvgIpc) is 3.39. The molecule has 0 atom stereocenters. The first-order valence-corrected chi connectivity index (χ1v) is 11.7. The van der Waals surface area contributed by atoms with Crippen LogP contribution in [0.15, 0.2) is 47.4 Å². The highest BCUT2D eigenvalue weighted by molar-refractivity contribution is 5.74. The van der Waals surface area contributed by atoms with E-state index in [0.717, 1.165) is 55.2 Å². The van der Waals surface area contributed by atoms with Crippen molar-refractivity contribution in [2.24, 2.45) is 0 Å². The maximum Gasteiger partial charge on any atom is 0.363 e. The lowest BCUT2D eigenvalue weighted by molar-refractivity contribution is 0.207. The number of aryl methyl sites for hydroxylation is 1. The van der Waals surface area contributed by atoms with Gasteiger partial charge < -0.3 is 10.2 Å². The SMILES string of the molecule is CCn1nnn(CCN2CCC(Nc3nc4cccnc4n3Cc3ccc(F)cc3)CC2)c1=O. The maximum absolute atomic E-state index is 13.4. The zero-order valence-electron chi connectivity index (χ0n) is 19.1. The molecule has 3 aromatic heterocycles. The lowest BCUT2D eigenvalue weighted by Crippen LogP contribution is -2.41. The minimum Gasteiger partial charge on any atom is -0.353 e. The number of anilines is 1. The Bertz CT molecular complexity index is 1300. The molecule has 1 N–H and O–H groups in total. The summed E-state index contributed by atoms with van der Waals surface area (Å²) in [4.78, 5) is 23.8. The van der Waals surface area contributed by atoms with E-state index in [2.05, 4.69) is 30.2 Å². The van der Waals surface area contributed by atoms with Gasteiger partial charge in [-0.15, -0.1) is 0 Å². The fraction of sp³-hybridized carbons (Fsp3) is 0.435. The Morgan fingerprint density at radius 1 is 1.06 bits per heavy atom. The van der Waals surface area contributed by atoms with Crippen LogP contribution in [0.5, 0.6) is 0 Å². The standard InChI is InChI=1S/C23H28FN9O/c1-2-32-23(34)33(29-28-32)15-14-30-12-9-19(10-13-30)26-22-27-20-4-3-11-25-21(20)31(22)16-17-5-7-18(24)8-6-17/h3-8,11,19H,2,9-10,12-16H2,1H3,(H,26,27). The number of benzene rings is 1. The lowest BCUT2D eigenvalue weighted by atomic mass is 10.1. The van der Waals surface area contributed by atoms with Crippen molar-refractivity contribution < 1.29 is 4.39 Å². The van der Waals surface area contributed by atoms with Gasteiger partial charge in [0.05, 0.1) is 13.1 Å². The van der Waals surface area contributed by atoms with Crippen molar-refractivity contribution in [1.29, 1.82) is 0 Å². The number of fused-ring (bicyclic) bond motifs is 1. The van der Waals surface area contributed by atoms with E-state index in [0.29, 0.717) is 19.6 Å². The number of nitrogens with zero attached hydrogens (tertiary/aromatic N) is 8. The molecular formula is C23H28FN9O. The number of rotatable bonds is 8. The summed E-state index contributed by atoms with van der Waals surface area (Å²) in [7, 11) is 0. The Morgan fingerprint density at radius 2 is 1.82 bits per heavy atom. The van der Waals surface area contributed by atoms with Gasteiger partial charge in [0, 0.05) is 38.4 Å². The van der Waals surface area contributed by atoms with Crippen LogP contribution in [0.4, 0.5) is 10.3 Å². The zero-order valence-corrected chi connectivity index (χ0v) is 19.1. The van der Waals surface area contributed by atoms with E-state index in [1.165, 1.54) is 21.5 Å². The van der Waals surface area contributed by atoms with Crippen LogP contribution in [0.25, 0.3) is 11.2 Å². The van der Waals surface area contributed by atoms with E-state index >= 15 is 0 Å². The molecule has 4 aromatic rings. The van der Waals surface area contributed by atoms with Crippen molar-refractivity contribution in [3.8, 4) is 0 Å². The van der Waals surface area contributed by atoms with Crippen molar-refractivity contribution in [2.75, 3.05) is 25.0 Å². The first kappa shape index (κ1) is 22.2. The number of likely N-dealkylation sites (tertiary alicyclic amines) is 1. The molecule has 0 saturated carbocycles. The van der Waals surface area contributed by atoms with Gasteiger partial charge >= 0.3 is 5.69 Å². The first-order chi connectivity index (χ1) is 16.6. The predicted octanol–water partition coefficient (Wildman–Crippen LogP) is 1.97. The van der Waals surface area contributed by atoms with Gasteiger partial charge in [-0.1, -0.05) is 12.1 Å². The summed E-state index contributed by atoms with van der Waals surface area (Å²) in [6, 6.07) is 10.6. The highest BCUT2D eigenvalue weighted by Gasteiger charge is 2.22. The molecule has 178 valence electrons. The number of aromatic nitrogens is 7. The molecule has 1 saturated heterocycles. The number of pyridine rings is 1. The third kappa shape index (κ3) is 4.69. The zero-order chi connectivity index (χ0) is 23.5. The van der Waals surface area contributed by atoms with Crippen molar-refractivity contribution in [3.63, 3.8) is 0 Å². The largest absolute Gasteiger partial charge is 0.363 e. The Kier molecular flexibility index (Phi) is 6.35. The van der Waals surface area contributed by atoms with E-state index in [4.69, 9.17) is 4.98 Å². The summed E-state index contributed by atoms with van der Waals surface area (Å²) < 4.78 is 18.2. The van der Waals surface area contributed by atoms with Gasteiger partial charge in [-0.3, -0.25) is 4.57 Å². The van der Waals surface area contributed by atoms with Gasteiger partial charge in [0.15, 0.2) is 5.65 Å². The predicted molar refractivity (Wildman–Crippen MR) is 126 cm³/mol. The molecule has 0 amide bonds. The topological polar surface area (TPSA) is 98.7 Å². The van der Waals surface area contributed by atoms with E-state index in [1.807, 2.05) is 19.1 Å². The second-order valence-electron chi connectivity index (χ2n) is 8.55. The Labute approximate surface area is 196 Å². The molecule has 0 unspecified atom stereocenters. The second-order valence-corrected chi connectivity index (χ2v) is 8.55. The molecule has 10 nitrogen and oxygen atoms in total. The number of halogens is 1. The molecule has 5 rings (SSSR count). The lowest BCUT2D eigenvalue weighted by Gasteiger charge is -2.32. The quantitative estimate of drug-likeness (QED) is 0.425. The summed E-state index contributed by atoms with van der Waals surface area (Å²) in [5.74, 6) is 0.529. The van der Waals surface area contributed by atoms with Crippen LogP contribution >= 0.6 is 0 Å². The summed E-state index contributed by atoms with van der Waals surface area (Å²) in [5.41, 5.74) is 2.46. The number of imidazole rings is 1. The molecule has 0 bridgehead atoms. The maximum atomic E-state index is 13.4. The van der Waals surface area contributed by atoms with Gasteiger partial charge in [-0.05, 0) is 60.0 Å². The monoisotopic (exact) mass is 465 g/mol. The van der Waals surface area contributed by atoms with Crippen LogP contribution in [0.3, 0.4) is 0 Å². The second kappa shape index (κ2) is 9.72. The van der Waals surface area contributed by atoms with Gasteiger partial charge in [-0.25, -0.2) is 19.2 Å². The van der Waals surface area contributed by atoms with E-state index in [1.54, 1.807) is 18.3 Å². The fourth-order valence-electron chi connectivity index (χ4n) is 4.36. The number of piperidine rings is 1. The Balaban J connectivity index is 1.23. The third-order valence-electron chi connectivity index (χ3n) is 6.30. The van der Waals surface area contributed by atoms with E-state index in [9.17, 15) is 9.18 Å². The highest BCUT2D eigenvalue weighted by atomic mass is 19.1. The molecule has 0 radical (unpaired) electrons. The van der Waals surface area contributed by atoms with Crippen molar-refractivity contribution >= 4 is 17.1 Å². The van der Waals surface area contributed by atoms with Crippen LogP contribution in [0.2, 0.25) is 0 Å². The summed E-state index contributed by atoms with van der Waals surface area (Å²) >= 11 is 0. The number of tetrazole rings is 1. The molecule has 1 aromatic carbocycles. The minimum atomic E-state index is -0.248. The molecule has 1 aliphatic rings. The van der Waals surface area contributed by atoms with Crippen LogP contribution in [0, 0.1) is 5.82 Å². The molecule has 1 fully saturated rings. The van der Waals surface area contributed by atoms with Crippen LogP contribution in [-0.4, -0.2) is 64.9 Å². The van der Waals surface area contributed by atoms with E-state index < -0.39 is 0 Å². The van der Waals surface area contributed by atoms with Crippen molar-refractivity contribution in [1.82, 2.24) is 39.2 Å². The molecular weight excluding hydrogens is 437 g/mol. The Morgan fingerprint density at radius 3 is 2.56 bits per heavy atom. The molecule has 0 spiro atoms. The van der Waals surface area contributed by atoms with Crippen molar-refractivity contribution in [2.45, 2.75) is 45.4 Å². The molecule has 4 heterocycles. The Hall–Kier alpha value is -3.60. The first-order valence-electron chi connectivity index (χ1n) is 11.7. The normalized spacial score (nSPS) is 15.2. The molecule has 11 heteroatoms. The summed E-state index contributed by atoms with van der Waals surface area (Å²) in [5, 5.41) is 11.4. The molecule has 0 aliphatic carbocycles. The fourth-order valence-corrected chi connectivity index (χ4v) is 4.36. The van der Waals surface area contributed by atoms with Gasteiger partial charge in [-0.2, -0.15) is 9.36 Å². The van der Waals surface area contributed by atoms with Gasteiger partial charge in [0.1, 0.15) is 11.3 Å². The van der Waals surface area contributed by atoms with Crippen LogP contribution < -0.4 is 11.0 Å². The van der Waals surface area contributed by atoms with Crippen LogP contribution in [0.1, 0.15) is 25.3 Å². The third-order valence-corrected chi connectivity index (χ3v) is 6.30. The smallest absolute Gasteiger partial charge is 0.353 e. The summed E-state index contributed by atoms with van der Waals surface area (Å²) in [6.45, 7) is 6.11. The van der Waals surface area contributed by atoms with E-state index in [-0.39, 0.29) is 17.5 Å². The highest BCUT2D eigenvalue weighted by Crippen LogP contribution is 2.22.